The van der Waals surface area contributed by atoms with Gasteiger partial charge in [0.1, 0.15) is 11.5 Å². The van der Waals surface area contributed by atoms with Gasteiger partial charge in [-0.25, -0.2) is 9.97 Å². The summed E-state index contributed by atoms with van der Waals surface area (Å²) in [6, 6.07) is 9.33. The molecule has 4 heterocycles. The van der Waals surface area contributed by atoms with E-state index in [2.05, 4.69) is 49.1 Å². The molecule has 152 valence electrons. The summed E-state index contributed by atoms with van der Waals surface area (Å²) in [5.74, 6) is 1.40. The topological polar surface area (TPSA) is 99.3 Å². The number of pyridine rings is 2. The number of ether oxygens (including phenoxy) is 1. The molecule has 9 heteroatoms. The van der Waals surface area contributed by atoms with Crippen molar-refractivity contribution >= 4 is 22.8 Å². The minimum atomic E-state index is -0.165. The molecule has 4 rings (SSSR count). The van der Waals surface area contributed by atoms with E-state index in [0.29, 0.717) is 24.2 Å². The summed E-state index contributed by atoms with van der Waals surface area (Å²) in [6.45, 7) is 2.09. The maximum atomic E-state index is 11.5. The highest BCUT2D eigenvalue weighted by Gasteiger charge is 2.35. The number of methoxy groups -OCH3 is 1. The number of H-pyrrole nitrogens is 1. The van der Waals surface area contributed by atoms with Crippen molar-refractivity contribution in [3.05, 3.63) is 52.6 Å². The van der Waals surface area contributed by atoms with Gasteiger partial charge in [-0.3, -0.25) is 4.79 Å². The molecule has 3 aromatic heterocycles. The molecule has 0 saturated carbocycles. The van der Waals surface area contributed by atoms with Gasteiger partial charge in [0.2, 0.25) is 11.5 Å². The van der Waals surface area contributed by atoms with Crippen molar-refractivity contribution in [2.75, 3.05) is 44.5 Å². The van der Waals surface area contributed by atoms with Gasteiger partial charge in [-0.15, -0.1) is 0 Å². The first kappa shape index (κ1) is 19.3. The number of fused-ring (bicyclic) bond motifs is 1. The molecule has 1 aliphatic rings. The van der Waals surface area contributed by atoms with Crippen molar-refractivity contribution in [1.82, 2.24) is 24.8 Å². The summed E-state index contributed by atoms with van der Waals surface area (Å²) in [5, 5.41) is 4.11. The van der Waals surface area contributed by atoms with Gasteiger partial charge in [0.15, 0.2) is 0 Å². The Kier molecular flexibility index (Phi) is 5.41. The maximum Gasteiger partial charge on any atom is 0.249 e. The number of anilines is 2. The number of likely N-dealkylation sites (N-methyl/N-ethyl adjacent to an activating group) is 1. The zero-order valence-corrected chi connectivity index (χ0v) is 16.8. The van der Waals surface area contributed by atoms with Crippen LogP contribution in [0.15, 0.2) is 41.3 Å². The van der Waals surface area contributed by atoms with E-state index >= 15 is 0 Å². The van der Waals surface area contributed by atoms with E-state index in [1.54, 1.807) is 19.4 Å². The SMILES string of the molecule is CO[C@@H]1CN(c2ccnc(NCc3ccc4ccc(=O)[nH]c4n3)n2)C[C@@H]1N(C)C. The van der Waals surface area contributed by atoms with Gasteiger partial charge >= 0.3 is 0 Å². The third-order valence-electron chi connectivity index (χ3n) is 5.24. The number of nitrogens with one attached hydrogen (secondary N) is 2. The number of nitrogens with zero attached hydrogens (tertiary/aromatic N) is 5. The number of aromatic nitrogens is 4. The Morgan fingerprint density at radius 2 is 2.03 bits per heavy atom. The van der Waals surface area contributed by atoms with Crippen LogP contribution in [0.5, 0.6) is 0 Å². The second kappa shape index (κ2) is 8.14. The Morgan fingerprint density at radius 1 is 1.21 bits per heavy atom. The minimum Gasteiger partial charge on any atom is -0.378 e. The van der Waals surface area contributed by atoms with Crippen LogP contribution in [0.25, 0.3) is 11.0 Å². The maximum absolute atomic E-state index is 11.5. The summed E-state index contributed by atoms with van der Waals surface area (Å²) in [5.41, 5.74) is 1.20. The zero-order chi connectivity index (χ0) is 20.4. The summed E-state index contributed by atoms with van der Waals surface area (Å²) < 4.78 is 5.64. The van der Waals surface area contributed by atoms with Crippen LogP contribution in [0, 0.1) is 0 Å². The van der Waals surface area contributed by atoms with E-state index in [1.165, 1.54) is 6.07 Å². The molecule has 0 spiro atoms. The van der Waals surface area contributed by atoms with Crippen molar-refractivity contribution in [2.24, 2.45) is 0 Å². The van der Waals surface area contributed by atoms with Crippen LogP contribution in [0.4, 0.5) is 11.8 Å². The average Bonchev–Trinajstić information content (AvgIpc) is 3.17. The summed E-state index contributed by atoms with van der Waals surface area (Å²) in [6.07, 6.45) is 1.89. The van der Waals surface area contributed by atoms with E-state index in [9.17, 15) is 4.79 Å². The number of hydrogen-bond donors (Lipinski definition) is 2. The third kappa shape index (κ3) is 4.20. The molecule has 0 aliphatic carbocycles. The zero-order valence-electron chi connectivity index (χ0n) is 16.8. The van der Waals surface area contributed by atoms with Crippen LogP contribution in [0.2, 0.25) is 0 Å². The summed E-state index contributed by atoms with van der Waals surface area (Å²) in [4.78, 5) is 32.1. The predicted octanol–water partition coefficient (Wildman–Crippen LogP) is 1.09. The van der Waals surface area contributed by atoms with Crippen LogP contribution in [0.1, 0.15) is 5.69 Å². The third-order valence-corrected chi connectivity index (χ3v) is 5.24. The minimum absolute atomic E-state index is 0.139. The summed E-state index contributed by atoms with van der Waals surface area (Å²) >= 11 is 0. The van der Waals surface area contributed by atoms with Gasteiger partial charge < -0.3 is 24.8 Å². The second-order valence-corrected chi connectivity index (χ2v) is 7.37. The first-order valence-electron chi connectivity index (χ1n) is 9.53. The molecule has 29 heavy (non-hydrogen) atoms. The highest BCUT2D eigenvalue weighted by molar-refractivity contribution is 5.74. The van der Waals surface area contributed by atoms with Gasteiger partial charge in [-0.1, -0.05) is 0 Å². The molecular formula is C20H25N7O2. The van der Waals surface area contributed by atoms with Crippen molar-refractivity contribution in [3.8, 4) is 0 Å². The molecule has 0 amide bonds. The molecule has 0 unspecified atom stereocenters. The lowest BCUT2D eigenvalue weighted by molar-refractivity contribution is 0.0639. The lowest BCUT2D eigenvalue weighted by atomic mass is 10.2. The highest BCUT2D eigenvalue weighted by Crippen LogP contribution is 2.23. The quantitative estimate of drug-likeness (QED) is 0.640. The number of hydrogen-bond acceptors (Lipinski definition) is 8. The van der Waals surface area contributed by atoms with Gasteiger partial charge in [0.05, 0.1) is 24.4 Å². The van der Waals surface area contributed by atoms with Gasteiger partial charge in [0.25, 0.3) is 0 Å². The fraction of sp³-hybridized carbons (Fsp3) is 0.400. The lowest BCUT2D eigenvalue weighted by Gasteiger charge is -2.23. The van der Waals surface area contributed by atoms with Crippen molar-refractivity contribution in [1.29, 1.82) is 0 Å². The van der Waals surface area contributed by atoms with Crippen molar-refractivity contribution in [3.63, 3.8) is 0 Å². The molecule has 2 atom stereocenters. The Labute approximate surface area is 168 Å². The molecule has 2 N–H and O–H groups in total. The molecule has 3 aromatic rings. The van der Waals surface area contributed by atoms with Crippen LogP contribution in [0.3, 0.4) is 0 Å². The standard InChI is InChI=1S/C20H25N7O2/c1-26(2)15-11-27(12-16(15)29-3)17-8-9-21-20(24-17)22-10-14-6-4-13-5-7-18(28)25-19(13)23-14/h4-9,15-16H,10-12H2,1-3H3,(H,21,22,24)(H,23,25,28)/t15-,16+/m0/s1. The van der Waals surface area contributed by atoms with Gasteiger partial charge in [-0.2, -0.15) is 4.98 Å². The van der Waals surface area contributed by atoms with Gasteiger partial charge in [-0.05, 0) is 38.4 Å². The van der Waals surface area contributed by atoms with E-state index in [0.717, 1.165) is 30.0 Å². The van der Waals surface area contributed by atoms with E-state index in [-0.39, 0.29) is 11.7 Å². The molecule has 0 radical (unpaired) electrons. The molecule has 0 bridgehead atoms. The fourth-order valence-corrected chi connectivity index (χ4v) is 3.62. The Morgan fingerprint density at radius 3 is 2.79 bits per heavy atom. The molecule has 0 aromatic carbocycles. The Bertz CT molecular complexity index is 1050. The smallest absolute Gasteiger partial charge is 0.249 e. The predicted molar refractivity (Wildman–Crippen MR) is 112 cm³/mol. The first-order valence-corrected chi connectivity index (χ1v) is 9.53. The Balaban J connectivity index is 1.46. The van der Waals surface area contributed by atoms with E-state index < -0.39 is 0 Å². The normalized spacial score (nSPS) is 19.2. The number of rotatable bonds is 6. The number of aromatic amines is 1. The second-order valence-electron chi connectivity index (χ2n) is 7.37. The van der Waals surface area contributed by atoms with E-state index in [4.69, 9.17) is 4.74 Å². The average molecular weight is 395 g/mol. The summed E-state index contributed by atoms with van der Waals surface area (Å²) in [7, 11) is 5.88. The molecule has 1 aliphatic heterocycles. The monoisotopic (exact) mass is 395 g/mol. The van der Waals surface area contributed by atoms with Crippen LogP contribution >= 0.6 is 0 Å². The van der Waals surface area contributed by atoms with Gasteiger partial charge in [0, 0.05) is 37.8 Å². The molecular weight excluding hydrogens is 370 g/mol. The van der Waals surface area contributed by atoms with Crippen LogP contribution < -0.4 is 15.8 Å². The fourth-order valence-electron chi connectivity index (χ4n) is 3.62. The van der Waals surface area contributed by atoms with Crippen LogP contribution in [-0.2, 0) is 11.3 Å². The first-order chi connectivity index (χ1) is 14.0. The highest BCUT2D eigenvalue weighted by atomic mass is 16.5. The largest absolute Gasteiger partial charge is 0.378 e. The van der Waals surface area contributed by atoms with Crippen LogP contribution in [-0.4, -0.2) is 71.3 Å². The van der Waals surface area contributed by atoms with Crippen molar-refractivity contribution in [2.45, 2.75) is 18.7 Å². The lowest BCUT2D eigenvalue weighted by Crippen LogP contribution is -2.39. The molecule has 1 fully saturated rings. The Hall–Kier alpha value is -3.04. The molecule has 9 nitrogen and oxygen atoms in total. The molecule has 1 saturated heterocycles. The van der Waals surface area contributed by atoms with E-state index in [1.807, 2.05) is 18.2 Å². The van der Waals surface area contributed by atoms with Crippen molar-refractivity contribution < 1.29 is 4.74 Å².